The summed E-state index contributed by atoms with van der Waals surface area (Å²) in [6.07, 6.45) is 5.66. The molecule has 47 heavy (non-hydrogen) atoms. The van der Waals surface area contributed by atoms with Crippen molar-refractivity contribution in [2.24, 2.45) is 0 Å². The first kappa shape index (κ1) is 34.4. The number of aryl methyl sites for hydroxylation is 1. The Morgan fingerprint density at radius 2 is 1.74 bits per heavy atom. The second-order valence-corrected chi connectivity index (χ2v) is 13.0. The van der Waals surface area contributed by atoms with Gasteiger partial charge in [0.2, 0.25) is 0 Å². The first-order chi connectivity index (χ1) is 22.9. The Kier molecular flexibility index (Phi) is 12.2. The molecule has 4 aromatic rings. The number of carbonyl (C=O) groups is 2. The van der Waals surface area contributed by atoms with E-state index in [-0.39, 0.29) is 5.97 Å². The zero-order valence-corrected chi connectivity index (χ0v) is 28.5. The molecule has 11 heteroatoms. The third-order valence-corrected chi connectivity index (χ3v) is 9.66. The fourth-order valence-corrected chi connectivity index (χ4v) is 6.78. The molecule has 9 nitrogen and oxygen atoms in total. The van der Waals surface area contributed by atoms with Crippen LogP contribution in [0, 0.1) is 6.92 Å². The lowest BCUT2D eigenvalue weighted by atomic mass is 9.98. The van der Waals surface area contributed by atoms with Crippen LogP contribution in [0.3, 0.4) is 0 Å². The van der Waals surface area contributed by atoms with Gasteiger partial charge in [-0.1, -0.05) is 48.0 Å². The summed E-state index contributed by atoms with van der Waals surface area (Å²) in [6.45, 7) is 5.51. The van der Waals surface area contributed by atoms with Crippen molar-refractivity contribution < 1.29 is 33.5 Å². The summed E-state index contributed by atoms with van der Waals surface area (Å²) in [4.78, 5) is 33.4. The molecule has 2 aromatic heterocycles. The minimum absolute atomic E-state index is 0.322. The minimum atomic E-state index is -0.651. The first-order valence-corrected chi connectivity index (χ1v) is 16.9. The maximum Gasteiger partial charge on any atom is 0.348 e. The number of nitrogens with one attached hydrogen (secondary N) is 2. The number of H-pyrrole nitrogens is 1. The number of aromatic amines is 1. The molecule has 2 aromatic carbocycles. The number of aromatic nitrogens is 1. The molecule has 0 saturated carbocycles. The molecule has 1 aliphatic rings. The Balaban J connectivity index is 1.28. The van der Waals surface area contributed by atoms with Crippen molar-refractivity contribution in [3.63, 3.8) is 0 Å². The summed E-state index contributed by atoms with van der Waals surface area (Å²) >= 11 is 7.87. The molecular formula is C36H41ClN3O6S+. The number of rotatable bonds is 15. The number of halogens is 1. The topological polar surface area (TPSA) is 100 Å². The second-order valence-electron chi connectivity index (χ2n) is 11.4. The van der Waals surface area contributed by atoms with Crippen molar-refractivity contribution >= 4 is 34.9 Å². The van der Waals surface area contributed by atoms with Gasteiger partial charge in [-0.3, -0.25) is 10.2 Å². The SMILES string of the molecule is COc1ccc([C@H](Cc2c(C)c[nH+]cc2Cl)OC(=O)c2ccc(CNC(C(=O)OCCN3CCCC3)c3ccccc3)s2)cc1OC. The van der Waals surface area contributed by atoms with Gasteiger partial charge in [0.1, 0.15) is 28.7 Å². The highest BCUT2D eigenvalue weighted by Crippen LogP contribution is 2.35. The van der Waals surface area contributed by atoms with Gasteiger partial charge in [0, 0.05) is 30.0 Å². The third-order valence-electron chi connectivity index (χ3n) is 8.25. The predicted octanol–water partition coefficient (Wildman–Crippen LogP) is 6.15. The maximum absolute atomic E-state index is 13.6. The molecule has 0 radical (unpaired) electrons. The van der Waals surface area contributed by atoms with Crippen molar-refractivity contribution in [2.75, 3.05) is 40.5 Å². The van der Waals surface area contributed by atoms with E-state index in [1.807, 2.05) is 61.7 Å². The van der Waals surface area contributed by atoms with E-state index in [4.69, 9.17) is 30.5 Å². The Morgan fingerprint density at radius 3 is 2.47 bits per heavy atom. The number of thiophene rings is 1. The van der Waals surface area contributed by atoms with Gasteiger partial charge >= 0.3 is 11.9 Å². The molecule has 2 atom stereocenters. The summed E-state index contributed by atoms with van der Waals surface area (Å²) in [5.41, 5.74) is 3.38. The van der Waals surface area contributed by atoms with E-state index >= 15 is 0 Å². The van der Waals surface area contributed by atoms with E-state index in [9.17, 15) is 9.59 Å². The smallest absolute Gasteiger partial charge is 0.348 e. The molecule has 248 valence electrons. The van der Waals surface area contributed by atoms with Crippen molar-refractivity contribution in [3.8, 4) is 11.5 Å². The van der Waals surface area contributed by atoms with Crippen LogP contribution in [0.25, 0.3) is 0 Å². The normalized spacial score (nSPS) is 14.4. The van der Waals surface area contributed by atoms with Crippen molar-refractivity contribution in [2.45, 2.75) is 44.9 Å². The van der Waals surface area contributed by atoms with Crippen LogP contribution in [0.15, 0.2) is 73.1 Å². The molecule has 2 N–H and O–H groups in total. The van der Waals surface area contributed by atoms with E-state index in [1.165, 1.54) is 24.2 Å². The molecule has 1 fully saturated rings. The monoisotopic (exact) mass is 678 g/mol. The molecule has 5 rings (SSSR count). The quantitative estimate of drug-likeness (QED) is 0.150. The number of ether oxygens (including phenoxy) is 4. The average Bonchev–Trinajstić information content (AvgIpc) is 3.79. The molecule has 1 unspecified atom stereocenters. The molecule has 0 amide bonds. The summed E-state index contributed by atoms with van der Waals surface area (Å²) in [5.74, 6) is 0.321. The van der Waals surface area contributed by atoms with Crippen molar-refractivity contribution in [1.82, 2.24) is 10.2 Å². The van der Waals surface area contributed by atoms with E-state index in [0.717, 1.165) is 46.8 Å². The van der Waals surface area contributed by atoms with Crippen LogP contribution in [-0.4, -0.2) is 57.3 Å². The van der Waals surface area contributed by atoms with E-state index in [2.05, 4.69) is 15.2 Å². The van der Waals surface area contributed by atoms with Crippen LogP contribution in [0.4, 0.5) is 0 Å². The minimum Gasteiger partial charge on any atom is -0.493 e. The van der Waals surface area contributed by atoms with Crippen LogP contribution < -0.4 is 19.8 Å². The number of benzene rings is 2. The number of esters is 2. The summed E-state index contributed by atoms with van der Waals surface area (Å²) in [7, 11) is 3.14. The lowest BCUT2D eigenvalue weighted by Crippen LogP contribution is -2.32. The third kappa shape index (κ3) is 9.10. The van der Waals surface area contributed by atoms with Crippen molar-refractivity contribution in [3.05, 3.63) is 110 Å². The molecule has 0 bridgehead atoms. The van der Waals surface area contributed by atoms with Gasteiger partial charge in [0.05, 0.1) is 14.2 Å². The first-order valence-electron chi connectivity index (χ1n) is 15.7. The van der Waals surface area contributed by atoms with Crippen LogP contribution in [0.2, 0.25) is 5.02 Å². The number of pyridine rings is 1. The molecule has 0 aliphatic carbocycles. The number of nitrogens with zero attached hydrogens (tertiary/aromatic N) is 1. The Bertz CT molecular complexity index is 1620. The second kappa shape index (κ2) is 16.7. The molecule has 0 spiro atoms. The van der Waals surface area contributed by atoms with Gasteiger partial charge in [-0.15, -0.1) is 11.3 Å². The van der Waals surface area contributed by atoms with E-state index in [1.54, 1.807) is 32.5 Å². The largest absolute Gasteiger partial charge is 0.493 e. The molecule has 1 aliphatic heterocycles. The fourth-order valence-electron chi connectivity index (χ4n) is 5.65. The standard InChI is InChI=1S/C36H40ClN3O6S/c1-24-21-38-23-29(37)28(24)20-31(26-11-13-30(43-2)32(19-26)44-3)46-35(41)33-14-12-27(47-33)22-39-34(25-9-5-4-6-10-25)36(42)45-18-17-40-15-7-8-16-40/h4-6,9-14,19,21,23,31,34,39H,7-8,15-18,20,22H2,1-3H3/p+1/t31-,34?/m0/s1. The molecular weight excluding hydrogens is 638 g/mol. The molecule has 3 heterocycles. The van der Waals surface area contributed by atoms with Crippen LogP contribution in [0.1, 0.15) is 61.8 Å². The Morgan fingerprint density at radius 1 is 0.979 bits per heavy atom. The van der Waals surface area contributed by atoms with Crippen LogP contribution in [0.5, 0.6) is 11.5 Å². The van der Waals surface area contributed by atoms with E-state index < -0.39 is 18.1 Å². The number of carbonyl (C=O) groups excluding carboxylic acids is 2. The van der Waals surface area contributed by atoms with Gasteiger partial charge in [-0.2, -0.15) is 0 Å². The summed E-state index contributed by atoms with van der Waals surface area (Å²) in [5, 5.41) is 3.90. The molecule has 1 saturated heterocycles. The lowest BCUT2D eigenvalue weighted by molar-refractivity contribution is -0.378. The Labute approximate surface area is 284 Å². The van der Waals surface area contributed by atoms with Crippen LogP contribution in [-0.2, 0) is 27.2 Å². The number of hydrogen-bond acceptors (Lipinski definition) is 9. The van der Waals surface area contributed by atoms with Gasteiger partial charge in [-0.25, -0.2) is 14.6 Å². The zero-order valence-electron chi connectivity index (χ0n) is 26.9. The summed E-state index contributed by atoms with van der Waals surface area (Å²) in [6, 6.07) is 18.0. The number of hydrogen-bond donors (Lipinski definition) is 1. The van der Waals surface area contributed by atoms with Gasteiger partial charge in [0.15, 0.2) is 23.9 Å². The maximum atomic E-state index is 13.6. The van der Waals surface area contributed by atoms with E-state index in [0.29, 0.717) is 41.0 Å². The van der Waals surface area contributed by atoms with Crippen molar-refractivity contribution in [1.29, 1.82) is 0 Å². The van der Waals surface area contributed by atoms with Gasteiger partial charge in [0.25, 0.3) is 0 Å². The zero-order chi connectivity index (χ0) is 33.2. The highest BCUT2D eigenvalue weighted by atomic mass is 35.5. The van der Waals surface area contributed by atoms with Crippen LogP contribution >= 0.6 is 22.9 Å². The fraction of sp³-hybridized carbons (Fsp3) is 0.361. The lowest BCUT2D eigenvalue weighted by Gasteiger charge is -2.20. The Hall–Kier alpha value is -3.96. The van der Waals surface area contributed by atoms with Gasteiger partial charge in [-0.05, 0) is 73.8 Å². The summed E-state index contributed by atoms with van der Waals surface area (Å²) < 4.78 is 22.8. The average molecular weight is 679 g/mol. The highest BCUT2D eigenvalue weighted by molar-refractivity contribution is 7.13. The van der Waals surface area contributed by atoms with Gasteiger partial charge < -0.3 is 18.9 Å². The number of methoxy groups -OCH3 is 2. The predicted molar refractivity (Wildman–Crippen MR) is 181 cm³/mol. The number of likely N-dealkylation sites (tertiary alicyclic amines) is 1. The highest BCUT2D eigenvalue weighted by Gasteiger charge is 2.26.